The van der Waals surface area contributed by atoms with Gasteiger partial charge in [0.05, 0.1) is 5.92 Å². The molecular weight excluding hydrogens is 164 g/mol. The maximum absolute atomic E-state index is 11.9. The highest BCUT2D eigenvalue weighted by molar-refractivity contribution is 5.80. The number of carbonyl (C=O) groups excluding carboxylic acids is 1. The van der Waals surface area contributed by atoms with E-state index in [-0.39, 0.29) is 5.92 Å². The number of nitrogens with zero attached hydrogens (tertiary/aromatic N) is 2. The highest BCUT2D eigenvalue weighted by Crippen LogP contribution is 2.25. The predicted octanol–water partition coefficient (Wildman–Crippen LogP) is 0.416. The molecule has 3 heteroatoms. The first-order valence-electron chi connectivity index (χ1n) is 5.16. The average molecular weight is 182 g/mol. The third-order valence-corrected chi connectivity index (χ3v) is 3.28. The van der Waals surface area contributed by atoms with Crippen LogP contribution in [0.5, 0.6) is 0 Å². The normalized spacial score (nSPS) is 34.8. The van der Waals surface area contributed by atoms with Crippen molar-refractivity contribution in [2.45, 2.75) is 13.3 Å². The molecule has 2 aliphatic rings. The van der Waals surface area contributed by atoms with Gasteiger partial charge in [-0.25, -0.2) is 0 Å². The van der Waals surface area contributed by atoms with Gasteiger partial charge in [-0.2, -0.15) is 0 Å². The van der Waals surface area contributed by atoms with Gasteiger partial charge in [0.2, 0.25) is 5.91 Å². The molecule has 2 rings (SSSR count). The minimum Gasteiger partial charge on any atom is -0.342 e. The second-order valence-corrected chi connectivity index (χ2v) is 4.48. The summed E-state index contributed by atoms with van der Waals surface area (Å²) in [6.45, 7) is 6.20. The van der Waals surface area contributed by atoms with E-state index in [0.717, 1.165) is 26.2 Å². The van der Waals surface area contributed by atoms with Gasteiger partial charge in [0, 0.05) is 26.2 Å². The van der Waals surface area contributed by atoms with Crippen LogP contribution >= 0.6 is 0 Å². The van der Waals surface area contributed by atoms with Gasteiger partial charge in [-0.3, -0.25) is 4.79 Å². The van der Waals surface area contributed by atoms with Crippen molar-refractivity contribution in [2.24, 2.45) is 11.8 Å². The van der Waals surface area contributed by atoms with Gasteiger partial charge in [-0.15, -0.1) is 0 Å². The van der Waals surface area contributed by atoms with Crippen molar-refractivity contribution in [2.75, 3.05) is 33.2 Å². The van der Waals surface area contributed by atoms with Gasteiger partial charge in [-0.1, -0.05) is 6.92 Å². The van der Waals surface area contributed by atoms with Crippen LogP contribution in [-0.4, -0.2) is 48.9 Å². The predicted molar refractivity (Wildman–Crippen MR) is 51.3 cm³/mol. The minimum atomic E-state index is 0.269. The van der Waals surface area contributed by atoms with E-state index in [2.05, 4.69) is 18.9 Å². The molecule has 2 unspecified atom stereocenters. The number of hydrogen-bond acceptors (Lipinski definition) is 2. The second kappa shape index (κ2) is 3.29. The van der Waals surface area contributed by atoms with E-state index in [0.29, 0.717) is 11.8 Å². The lowest BCUT2D eigenvalue weighted by molar-refractivity contribution is -0.139. The van der Waals surface area contributed by atoms with Gasteiger partial charge < -0.3 is 9.80 Å². The fraction of sp³-hybridized carbons (Fsp3) is 0.900. The van der Waals surface area contributed by atoms with Crippen LogP contribution in [0.15, 0.2) is 0 Å². The molecule has 0 spiro atoms. The Balaban J connectivity index is 1.95. The summed E-state index contributed by atoms with van der Waals surface area (Å²) in [5.74, 6) is 1.20. The molecule has 0 aromatic heterocycles. The Labute approximate surface area is 79.7 Å². The number of amides is 1. The van der Waals surface area contributed by atoms with E-state index in [1.54, 1.807) is 0 Å². The maximum atomic E-state index is 11.9. The Morgan fingerprint density at radius 1 is 1.31 bits per heavy atom. The zero-order chi connectivity index (χ0) is 9.42. The molecule has 3 nitrogen and oxygen atoms in total. The van der Waals surface area contributed by atoms with Crippen molar-refractivity contribution in [1.29, 1.82) is 0 Å². The van der Waals surface area contributed by atoms with Crippen molar-refractivity contribution in [3.8, 4) is 0 Å². The van der Waals surface area contributed by atoms with E-state index in [9.17, 15) is 4.79 Å². The average Bonchev–Trinajstić information content (AvgIpc) is 2.26. The fourth-order valence-corrected chi connectivity index (χ4v) is 2.30. The van der Waals surface area contributed by atoms with Crippen LogP contribution in [0.4, 0.5) is 0 Å². The molecule has 0 aliphatic carbocycles. The summed E-state index contributed by atoms with van der Waals surface area (Å²) in [7, 11) is 2.10. The van der Waals surface area contributed by atoms with Crippen LogP contribution in [0.1, 0.15) is 13.3 Å². The third kappa shape index (κ3) is 1.57. The third-order valence-electron chi connectivity index (χ3n) is 3.28. The lowest BCUT2D eigenvalue weighted by atomic mass is 9.95. The Hall–Kier alpha value is -0.570. The van der Waals surface area contributed by atoms with Gasteiger partial charge >= 0.3 is 0 Å². The Kier molecular flexibility index (Phi) is 2.28. The maximum Gasteiger partial charge on any atom is 0.227 e. The molecule has 0 bridgehead atoms. The first-order valence-corrected chi connectivity index (χ1v) is 5.16. The summed E-state index contributed by atoms with van der Waals surface area (Å²) in [4.78, 5) is 16.1. The van der Waals surface area contributed by atoms with Crippen LogP contribution in [0, 0.1) is 11.8 Å². The standard InChI is InChI=1S/C10H18N2O/c1-8-6-11(2)7-9(8)10(13)12-4-3-5-12/h8-9H,3-7H2,1-2H3. The first kappa shape index (κ1) is 9.00. The summed E-state index contributed by atoms with van der Waals surface area (Å²) in [5, 5.41) is 0. The van der Waals surface area contributed by atoms with Crippen molar-refractivity contribution >= 4 is 5.91 Å². The summed E-state index contributed by atoms with van der Waals surface area (Å²) in [6, 6.07) is 0. The van der Waals surface area contributed by atoms with Crippen molar-refractivity contribution < 1.29 is 4.79 Å². The lowest BCUT2D eigenvalue weighted by Crippen LogP contribution is -2.46. The highest BCUT2D eigenvalue weighted by Gasteiger charge is 2.36. The number of hydrogen-bond donors (Lipinski definition) is 0. The molecule has 0 aromatic rings. The highest BCUT2D eigenvalue weighted by atomic mass is 16.2. The summed E-state index contributed by atoms with van der Waals surface area (Å²) in [5.41, 5.74) is 0. The first-order chi connectivity index (χ1) is 6.18. The Morgan fingerprint density at radius 2 is 2.00 bits per heavy atom. The summed E-state index contributed by atoms with van der Waals surface area (Å²) in [6.07, 6.45) is 1.20. The van der Waals surface area contributed by atoms with Crippen LogP contribution in [0.3, 0.4) is 0 Å². The molecule has 2 aliphatic heterocycles. The smallest absolute Gasteiger partial charge is 0.227 e. The minimum absolute atomic E-state index is 0.269. The van der Waals surface area contributed by atoms with Crippen LogP contribution in [0.2, 0.25) is 0 Å². The molecule has 2 fully saturated rings. The van der Waals surface area contributed by atoms with Crippen molar-refractivity contribution in [3.05, 3.63) is 0 Å². The van der Waals surface area contributed by atoms with Gasteiger partial charge in [0.1, 0.15) is 0 Å². The number of carbonyl (C=O) groups is 1. The van der Waals surface area contributed by atoms with Gasteiger partial charge in [0.25, 0.3) is 0 Å². The SMILES string of the molecule is CC1CN(C)CC1C(=O)N1CCC1. The van der Waals surface area contributed by atoms with E-state index in [1.807, 2.05) is 4.90 Å². The van der Waals surface area contributed by atoms with Gasteiger partial charge in [-0.05, 0) is 19.4 Å². The monoisotopic (exact) mass is 182 g/mol. The lowest BCUT2D eigenvalue weighted by Gasteiger charge is -2.34. The van der Waals surface area contributed by atoms with E-state index >= 15 is 0 Å². The van der Waals surface area contributed by atoms with Crippen molar-refractivity contribution in [1.82, 2.24) is 9.80 Å². The molecule has 2 atom stereocenters. The number of likely N-dealkylation sites (tertiary alicyclic amines) is 2. The van der Waals surface area contributed by atoms with E-state index in [1.165, 1.54) is 6.42 Å². The van der Waals surface area contributed by atoms with Crippen LogP contribution < -0.4 is 0 Å². The number of rotatable bonds is 1. The molecule has 0 aromatic carbocycles. The second-order valence-electron chi connectivity index (χ2n) is 4.48. The zero-order valence-corrected chi connectivity index (χ0v) is 8.49. The van der Waals surface area contributed by atoms with Crippen LogP contribution in [0.25, 0.3) is 0 Å². The molecule has 2 saturated heterocycles. The molecule has 0 N–H and O–H groups in total. The molecular formula is C10H18N2O. The Bertz CT molecular complexity index is 213. The van der Waals surface area contributed by atoms with E-state index in [4.69, 9.17) is 0 Å². The summed E-state index contributed by atoms with van der Waals surface area (Å²) < 4.78 is 0. The fourth-order valence-electron chi connectivity index (χ4n) is 2.30. The molecule has 74 valence electrons. The van der Waals surface area contributed by atoms with E-state index < -0.39 is 0 Å². The topological polar surface area (TPSA) is 23.6 Å². The van der Waals surface area contributed by atoms with Gasteiger partial charge in [0.15, 0.2) is 0 Å². The Morgan fingerprint density at radius 3 is 2.38 bits per heavy atom. The zero-order valence-electron chi connectivity index (χ0n) is 8.49. The van der Waals surface area contributed by atoms with Crippen molar-refractivity contribution in [3.63, 3.8) is 0 Å². The molecule has 0 saturated carbocycles. The molecule has 0 radical (unpaired) electrons. The molecule has 13 heavy (non-hydrogen) atoms. The summed E-state index contributed by atoms with van der Waals surface area (Å²) >= 11 is 0. The quantitative estimate of drug-likeness (QED) is 0.586. The van der Waals surface area contributed by atoms with Crippen LogP contribution in [-0.2, 0) is 4.79 Å². The molecule has 1 amide bonds. The largest absolute Gasteiger partial charge is 0.342 e. The molecule has 2 heterocycles.